The van der Waals surface area contributed by atoms with Crippen LogP contribution < -0.4 is 10.2 Å². The molecule has 0 spiro atoms. The van der Waals surface area contributed by atoms with Crippen LogP contribution in [0.15, 0.2) is 6.20 Å². The van der Waals surface area contributed by atoms with Gasteiger partial charge in [-0.2, -0.15) is 0 Å². The van der Waals surface area contributed by atoms with Crippen LogP contribution >= 0.6 is 0 Å². The molecule has 108 valence electrons. The molecule has 0 unspecified atom stereocenters. The van der Waals surface area contributed by atoms with Crippen LogP contribution in [0.1, 0.15) is 5.82 Å². The van der Waals surface area contributed by atoms with E-state index in [0.29, 0.717) is 18.9 Å². The molecule has 2 aliphatic rings. The largest absolute Gasteiger partial charge is 0.379 e. The summed E-state index contributed by atoms with van der Waals surface area (Å²) in [6, 6.07) is 0. The Bertz CT molecular complexity index is 502. The molecule has 1 aromatic heterocycles. The van der Waals surface area contributed by atoms with Crippen LogP contribution in [-0.2, 0) is 9.53 Å². The number of rotatable bonds is 3. The van der Waals surface area contributed by atoms with E-state index in [4.69, 9.17) is 4.74 Å². The van der Waals surface area contributed by atoms with Gasteiger partial charge in [-0.05, 0) is 6.92 Å². The number of fused-ring (bicyclic) bond motifs is 1. The average molecular weight is 277 g/mol. The monoisotopic (exact) mass is 277 g/mol. The van der Waals surface area contributed by atoms with Crippen molar-refractivity contribution in [2.75, 3.05) is 56.2 Å². The Morgan fingerprint density at radius 3 is 2.95 bits per heavy atom. The predicted molar refractivity (Wildman–Crippen MR) is 74.9 cm³/mol. The van der Waals surface area contributed by atoms with Crippen LogP contribution in [-0.4, -0.2) is 66.7 Å². The summed E-state index contributed by atoms with van der Waals surface area (Å²) in [5.41, 5.74) is 0.778. The normalized spacial score (nSPS) is 19.6. The van der Waals surface area contributed by atoms with Crippen molar-refractivity contribution in [3.63, 3.8) is 0 Å². The molecule has 1 N–H and O–H groups in total. The van der Waals surface area contributed by atoms with Crippen molar-refractivity contribution < 1.29 is 9.53 Å². The van der Waals surface area contributed by atoms with Crippen LogP contribution in [0.2, 0.25) is 0 Å². The maximum absolute atomic E-state index is 12.1. The Morgan fingerprint density at radius 1 is 1.35 bits per heavy atom. The van der Waals surface area contributed by atoms with Crippen molar-refractivity contribution in [1.82, 2.24) is 14.9 Å². The molecule has 7 heteroatoms. The lowest BCUT2D eigenvalue weighted by molar-refractivity contribution is -0.117. The molecule has 7 nitrogen and oxygen atoms in total. The summed E-state index contributed by atoms with van der Waals surface area (Å²) < 4.78 is 5.33. The molecule has 0 aliphatic carbocycles. The highest BCUT2D eigenvalue weighted by Gasteiger charge is 2.25. The van der Waals surface area contributed by atoms with E-state index in [9.17, 15) is 4.79 Å². The Kier molecular flexibility index (Phi) is 3.79. The van der Waals surface area contributed by atoms with Gasteiger partial charge in [-0.1, -0.05) is 0 Å². The lowest BCUT2D eigenvalue weighted by atomic mass is 10.2. The zero-order chi connectivity index (χ0) is 13.9. The number of anilines is 2. The summed E-state index contributed by atoms with van der Waals surface area (Å²) in [5, 5.41) is 3.05. The van der Waals surface area contributed by atoms with Crippen molar-refractivity contribution in [2.45, 2.75) is 6.92 Å². The fourth-order valence-electron chi connectivity index (χ4n) is 2.49. The third kappa shape index (κ3) is 2.73. The molecule has 0 aromatic carbocycles. The van der Waals surface area contributed by atoms with Crippen LogP contribution in [0.4, 0.5) is 11.5 Å². The van der Waals surface area contributed by atoms with Gasteiger partial charge in [0.15, 0.2) is 5.82 Å². The molecule has 0 radical (unpaired) electrons. The molecule has 2 aliphatic heterocycles. The number of nitrogens with one attached hydrogen (secondary N) is 1. The smallest absolute Gasteiger partial charge is 0.246 e. The van der Waals surface area contributed by atoms with Gasteiger partial charge in [0.2, 0.25) is 5.91 Å². The van der Waals surface area contributed by atoms with Gasteiger partial charge in [-0.25, -0.2) is 9.97 Å². The average Bonchev–Trinajstić information content (AvgIpc) is 2.47. The molecule has 0 bridgehead atoms. The zero-order valence-electron chi connectivity index (χ0n) is 11.6. The summed E-state index contributed by atoms with van der Waals surface area (Å²) in [4.78, 5) is 24.7. The van der Waals surface area contributed by atoms with Gasteiger partial charge in [0.1, 0.15) is 11.5 Å². The lowest BCUT2D eigenvalue weighted by Crippen LogP contribution is -2.46. The second kappa shape index (κ2) is 5.72. The molecule has 1 aromatic rings. The van der Waals surface area contributed by atoms with Crippen LogP contribution in [0, 0.1) is 6.92 Å². The standard InChI is InChI=1S/C13H19N5O2/c1-10-14-8-11-13(16-10)15-9-12(19)18(11)3-2-17-4-6-20-7-5-17/h8H,2-7,9H2,1H3,(H,14,15,16). The fraction of sp³-hybridized carbons (Fsp3) is 0.615. The Balaban J connectivity index is 1.70. The highest BCUT2D eigenvalue weighted by Crippen LogP contribution is 2.26. The Morgan fingerprint density at radius 2 is 2.15 bits per heavy atom. The quantitative estimate of drug-likeness (QED) is 0.830. The SMILES string of the molecule is Cc1ncc2c(n1)NCC(=O)N2CCN1CCOCC1. The van der Waals surface area contributed by atoms with Crippen LogP contribution in [0.25, 0.3) is 0 Å². The summed E-state index contributed by atoms with van der Waals surface area (Å²) in [7, 11) is 0. The number of carbonyl (C=O) groups is 1. The van der Waals surface area contributed by atoms with E-state index in [1.807, 2.05) is 6.92 Å². The molecular weight excluding hydrogens is 258 g/mol. The zero-order valence-corrected chi connectivity index (χ0v) is 11.6. The van der Waals surface area contributed by atoms with Gasteiger partial charge in [-0.15, -0.1) is 0 Å². The highest BCUT2D eigenvalue weighted by molar-refractivity contribution is 6.01. The first-order chi connectivity index (χ1) is 9.74. The predicted octanol–water partition coefficient (Wildman–Crippen LogP) is -0.124. The van der Waals surface area contributed by atoms with Crippen LogP contribution in [0.3, 0.4) is 0 Å². The Labute approximate surface area is 117 Å². The molecule has 1 amide bonds. The first-order valence-corrected chi connectivity index (χ1v) is 6.92. The molecular formula is C13H19N5O2. The van der Waals surface area contributed by atoms with Crippen LogP contribution in [0.5, 0.6) is 0 Å². The van der Waals surface area contributed by atoms with Crippen molar-refractivity contribution >= 4 is 17.4 Å². The molecule has 3 heterocycles. The molecule has 1 saturated heterocycles. The maximum Gasteiger partial charge on any atom is 0.246 e. The minimum absolute atomic E-state index is 0.0678. The number of hydrogen-bond acceptors (Lipinski definition) is 6. The van der Waals surface area contributed by atoms with Gasteiger partial charge in [-0.3, -0.25) is 9.69 Å². The second-order valence-corrected chi connectivity index (χ2v) is 5.00. The van der Waals surface area contributed by atoms with Crippen molar-refractivity contribution in [1.29, 1.82) is 0 Å². The third-order valence-corrected chi connectivity index (χ3v) is 3.63. The number of ether oxygens (including phenoxy) is 1. The molecule has 0 saturated carbocycles. The molecule has 0 atom stereocenters. The van der Waals surface area contributed by atoms with Crippen molar-refractivity contribution in [3.05, 3.63) is 12.0 Å². The summed E-state index contributed by atoms with van der Waals surface area (Å²) in [6.45, 7) is 7.06. The van der Waals surface area contributed by atoms with Gasteiger partial charge in [0.25, 0.3) is 0 Å². The van der Waals surface area contributed by atoms with E-state index < -0.39 is 0 Å². The van der Waals surface area contributed by atoms with E-state index >= 15 is 0 Å². The van der Waals surface area contributed by atoms with E-state index in [2.05, 4.69) is 20.2 Å². The first-order valence-electron chi connectivity index (χ1n) is 6.92. The second-order valence-electron chi connectivity index (χ2n) is 5.00. The molecule has 20 heavy (non-hydrogen) atoms. The number of aryl methyl sites for hydroxylation is 1. The molecule has 1 fully saturated rings. The topological polar surface area (TPSA) is 70.6 Å². The van der Waals surface area contributed by atoms with Crippen molar-refractivity contribution in [3.8, 4) is 0 Å². The van der Waals surface area contributed by atoms with Crippen molar-refractivity contribution in [2.24, 2.45) is 0 Å². The van der Waals surface area contributed by atoms with Gasteiger partial charge < -0.3 is 15.0 Å². The summed E-state index contributed by atoms with van der Waals surface area (Å²) in [5.74, 6) is 1.52. The lowest BCUT2D eigenvalue weighted by Gasteiger charge is -2.32. The minimum atomic E-state index is 0.0678. The van der Waals surface area contributed by atoms with E-state index in [0.717, 1.165) is 44.4 Å². The van der Waals surface area contributed by atoms with Gasteiger partial charge in [0.05, 0.1) is 26.0 Å². The number of morpholine rings is 1. The number of nitrogens with zero attached hydrogens (tertiary/aromatic N) is 4. The van der Waals surface area contributed by atoms with E-state index in [1.54, 1.807) is 11.1 Å². The number of carbonyl (C=O) groups excluding carboxylic acids is 1. The summed E-state index contributed by atoms with van der Waals surface area (Å²) >= 11 is 0. The molecule has 3 rings (SSSR count). The highest BCUT2D eigenvalue weighted by atomic mass is 16.5. The number of aromatic nitrogens is 2. The van der Waals surface area contributed by atoms with Gasteiger partial charge in [0, 0.05) is 26.2 Å². The number of hydrogen-bond donors (Lipinski definition) is 1. The van der Waals surface area contributed by atoms with E-state index in [1.165, 1.54) is 0 Å². The summed E-state index contributed by atoms with van der Waals surface area (Å²) in [6.07, 6.45) is 1.72. The minimum Gasteiger partial charge on any atom is -0.379 e. The van der Waals surface area contributed by atoms with Gasteiger partial charge >= 0.3 is 0 Å². The first kappa shape index (κ1) is 13.3. The third-order valence-electron chi connectivity index (χ3n) is 3.63. The maximum atomic E-state index is 12.1. The fourth-order valence-corrected chi connectivity index (χ4v) is 2.49. The van der Waals surface area contributed by atoms with E-state index in [-0.39, 0.29) is 5.91 Å². The Hall–Kier alpha value is -1.73. The number of amides is 1.